The molecule has 11 nitrogen and oxygen atoms in total. The Morgan fingerprint density at radius 3 is 2.35 bits per heavy atom. The number of hydrogen-bond donors (Lipinski definition) is 2. The Hall–Kier alpha value is -4.26. The minimum Gasteiger partial charge on any atom is -0.497 e. The van der Waals surface area contributed by atoms with Crippen LogP contribution in [0.3, 0.4) is 0 Å². The largest absolute Gasteiger partial charge is 0.497 e. The monoisotopic (exact) mass is 606 g/mol. The first kappa shape index (κ1) is 30.2. The van der Waals surface area contributed by atoms with Crippen LogP contribution in [0.5, 0.6) is 17.2 Å². The van der Waals surface area contributed by atoms with Crippen LogP contribution in [-0.2, 0) is 16.1 Å². The Labute approximate surface area is 254 Å². The number of nitrogens with zero attached hydrogens (tertiary/aromatic N) is 3. The number of hydrogen-bond acceptors (Lipinski definition) is 9. The molecule has 1 unspecified atom stereocenters. The van der Waals surface area contributed by atoms with Gasteiger partial charge in [-0.05, 0) is 72.5 Å². The lowest BCUT2D eigenvalue weighted by molar-refractivity contribution is -0.135. The van der Waals surface area contributed by atoms with Crippen molar-refractivity contribution >= 4 is 29.7 Å². The van der Waals surface area contributed by atoms with Crippen molar-refractivity contribution in [1.29, 1.82) is 0 Å². The van der Waals surface area contributed by atoms with Crippen molar-refractivity contribution in [3.63, 3.8) is 0 Å². The molecular weight excluding hydrogens is 572 g/mol. The summed E-state index contributed by atoms with van der Waals surface area (Å²) < 4.78 is 18.1. The number of piperazine rings is 1. The highest BCUT2D eigenvalue weighted by Crippen LogP contribution is 2.35. The zero-order valence-corrected chi connectivity index (χ0v) is 24.6. The third-order valence-electron chi connectivity index (χ3n) is 7.39. The Kier molecular flexibility index (Phi) is 10.0. The van der Waals surface area contributed by atoms with Gasteiger partial charge in [-0.15, -0.1) is 0 Å². The summed E-state index contributed by atoms with van der Waals surface area (Å²) in [6.45, 7) is 2.16. The van der Waals surface area contributed by atoms with E-state index in [4.69, 9.17) is 14.2 Å². The van der Waals surface area contributed by atoms with Crippen LogP contribution in [0.1, 0.15) is 28.8 Å². The molecule has 1 atom stereocenters. The Morgan fingerprint density at radius 1 is 0.953 bits per heavy atom. The molecule has 2 heterocycles. The Balaban J connectivity index is 1.26. The van der Waals surface area contributed by atoms with E-state index >= 15 is 0 Å². The summed E-state index contributed by atoms with van der Waals surface area (Å²) in [5.41, 5.74) is 3.28. The van der Waals surface area contributed by atoms with Crippen molar-refractivity contribution in [3.8, 4) is 17.2 Å². The van der Waals surface area contributed by atoms with E-state index in [9.17, 15) is 19.6 Å². The molecule has 0 bridgehead atoms. The molecule has 3 aromatic carbocycles. The lowest BCUT2D eigenvalue weighted by Gasteiger charge is -2.35. The van der Waals surface area contributed by atoms with Crippen molar-refractivity contribution < 1.29 is 33.8 Å². The van der Waals surface area contributed by atoms with Gasteiger partial charge in [0, 0.05) is 49.6 Å². The van der Waals surface area contributed by atoms with Gasteiger partial charge in [0.15, 0.2) is 11.5 Å². The second kappa shape index (κ2) is 14.3. The van der Waals surface area contributed by atoms with E-state index in [1.807, 2.05) is 65.0 Å². The van der Waals surface area contributed by atoms with Crippen molar-refractivity contribution in [2.24, 2.45) is 0 Å². The van der Waals surface area contributed by atoms with Crippen LogP contribution in [0.4, 0.5) is 0 Å². The van der Waals surface area contributed by atoms with Gasteiger partial charge in [0.1, 0.15) is 11.8 Å². The van der Waals surface area contributed by atoms with E-state index in [-0.39, 0.29) is 31.4 Å². The summed E-state index contributed by atoms with van der Waals surface area (Å²) >= 11 is 1.34. The van der Waals surface area contributed by atoms with Crippen LogP contribution < -0.4 is 19.7 Å². The summed E-state index contributed by atoms with van der Waals surface area (Å²) in [7, 11) is 1.59. The van der Waals surface area contributed by atoms with Crippen molar-refractivity contribution in [3.05, 3.63) is 83.9 Å². The number of ether oxygens (including phenoxy) is 3. The molecule has 0 radical (unpaired) electrons. The fourth-order valence-corrected chi connectivity index (χ4v) is 6.09. The predicted octanol–water partition coefficient (Wildman–Crippen LogP) is 3.57. The van der Waals surface area contributed by atoms with E-state index in [0.29, 0.717) is 55.5 Å². The van der Waals surface area contributed by atoms with Crippen LogP contribution >= 0.6 is 11.9 Å². The lowest BCUT2D eigenvalue weighted by Crippen LogP contribution is -2.51. The second-order valence-electron chi connectivity index (χ2n) is 10.1. The predicted molar refractivity (Wildman–Crippen MR) is 159 cm³/mol. The summed E-state index contributed by atoms with van der Waals surface area (Å²) in [5.74, 6) is 1.19. The number of carbonyl (C=O) groups excluding carboxylic acids is 3. The third-order valence-corrected chi connectivity index (χ3v) is 8.49. The normalized spacial score (nSPS) is 14.9. The molecule has 0 saturated carbocycles. The highest BCUT2D eigenvalue weighted by molar-refractivity contribution is 7.97. The standard InChI is InChI=1S/C31H34N4O7S/c1-40-24-8-10-25(11-9-24)43-35(20-22-7-13-27-28(19-22)42-21-41-27)26(30(37)32-39)12-14-29(36)33-15-17-34(18-16-33)31(38)23-5-3-2-4-6-23/h2-11,13,19,26,39H,12,14-18,20-21H2,1H3,(H,32,37). The van der Waals surface area contributed by atoms with Gasteiger partial charge in [-0.3, -0.25) is 19.6 Å². The number of nitrogens with one attached hydrogen (secondary N) is 1. The van der Waals surface area contributed by atoms with Crippen LogP contribution in [0.25, 0.3) is 0 Å². The smallest absolute Gasteiger partial charge is 0.261 e. The Bertz CT molecular complexity index is 1420. The molecule has 0 aliphatic carbocycles. The lowest BCUT2D eigenvalue weighted by atomic mass is 10.1. The molecule has 226 valence electrons. The molecule has 2 N–H and O–H groups in total. The van der Waals surface area contributed by atoms with Crippen LogP contribution in [0, 0.1) is 0 Å². The molecule has 2 aliphatic rings. The summed E-state index contributed by atoms with van der Waals surface area (Å²) in [5, 5.41) is 9.65. The van der Waals surface area contributed by atoms with Gasteiger partial charge in [-0.1, -0.05) is 24.3 Å². The van der Waals surface area contributed by atoms with Crippen molar-refractivity contribution in [1.82, 2.24) is 19.6 Å². The Morgan fingerprint density at radius 2 is 1.65 bits per heavy atom. The zero-order valence-electron chi connectivity index (χ0n) is 23.8. The van der Waals surface area contributed by atoms with Gasteiger partial charge in [0.2, 0.25) is 12.7 Å². The third kappa shape index (κ3) is 7.58. The fraction of sp³-hybridized carbons (Fsp3) is 0.323. The number of amides is 3. The quantitative estimate of drug-likeness (QED) is 0.192. The van der Waals surface area contributed by atoms with Crippen LogP contribution in [0.15, 0.2) is 77.7 Å². The first-order valence-electron chi connectivity index (χ1n) is 14.0. The van der Waals surface area contributed by atoms with E-state index in [1.54, 1.807) is 34.5 Å². The highest BCUT2D eigenvalue weighted by atomic mass is 32.2. The second-order valence-corrected chi connectivity index (χ2v) is 11.2. The molecule has 2 aliphatic heterocycles. The maximum atomic E-state index is 13.3. The van der Waals surface area contributed by atoms with Gasteiger partial charge < -0.3 is 24.0 Å². The van der Waals surface area contributed by atoms with E-state index in [1.165, 1.54) is 11.9 Å². The first-order valence-corrected chi connectivity index (χ1v) is 14.8. The molecule has 43 heavy (non-hydrogen) atoms. The van der Waals surface area contributed by atoms with Crippen molar-refractivity contribution in [2.75, 3.05) is 40.1 Å². The number of fused-ring (bicyclic) bond motifs is 1. The fourth-order valence-electron chi connectivity index (χ4n) is 5.02. The molecule has 0 spiro atoms. The van der Waals surface area contributed by atoms with E-state index in [0.717, 1.165) is 10.5 Å². The number of benzene rings is 3. The number of methoxy groups -OCH3 is 1. The van der Waals surface area contributed by atoms with Crippen LogP contribution in [-0.4, -0.2) is 83.2 Å². The molecule has 3 amide bonds. The molecule has 12 heteroatoms. The van der Waals surface area contributed by atoms with E-state index < -0.39 is 11.9 Å². The molecule has 1 fully saturated rings. The summed E-state index contributed by atoms with van der Waals surface area (Å²) in [6, 6.07) is 21.2. The zero-order chi connectivity index (χ0) is 30.2. The number of rotatable bonds is 11. The van der Waals surface area contributed by atoms with Crippen molar-refractivity contribution in [2.45, 2.75) is 30.3 Å². The average Bonchev–Trinajstić information content (AvgIpc) is 3.53. The average molecular weight is 607 g/mol. The number of hydroxylamine groups is 1. The highest BCUT2D eigenvalue weighted by Gasteiger charge is 2.31. The summed E-state index contributed by atoms with van der Waals surface area (Å²) in [4.78, 5) is 43.4. The van der Waals surface area contributed by atoms with Gasteiger partial charge >= 0.3 is 0 Å². The molecular formula is C31H34N4O7S. The van der Waals surface area contributed by atoms with Gasteiger partial charge in [0.05, 0.1) is 7.11 Å². The minimum atomic E-state index is -0.840. The minimum absolute atomic E-state index is 0.0536. The number of carbonyl (C=O) groups is 3. The SMILES string of the molecule is COc1ccc(SN(Cc2ccc3c(c2)OCO3)C(CCC(=O)N2CCN(C(=O)c3ccccc3)CC2)C(=O)NO)cc1. The molecule has 5 rings (SSSR count). The maximum Gasteiger partial charge on any atom is 0.261 e. The van der Waals surface area contributed by atoms with Gasteiger partial charge in [-0.2, -0.15) is 0 Å². The summed E-state index contributed by atoms with van der Waals surface area (Å²) in [6.07, 6.45) is 0.258. The van der Waals surface area contributed by atoms with E-state index in [2.05, 4.69) is 0 Å². The molecule has 1 saturated heterocycles. The molecule has 0 aromatic heterocycles. The van der Waals surface area contributed by atoms with Gasteiger partial charge in [0.25, 0.3) is 11.8 Å². The van der Waals surface area contributed by atoms with Crippen LogP contribution in [0.2, 0.25) is 0 Å². The van der Waals surface area contributed by atoms with Gasteiger partial charge in [-0.25, -0.2) is 9.79 Å². The first-order chi connectivity index (χ1) is 20.9. The topological polar surface area (TPSA) is 121 Å². The maximum absolute atomic E-state index is 13.3. The molecule has 3 aromatic rings.